The molecule has 0 radical (unpaired) electrons. The van der Waals surface area contributed by atoms with Crippen molar-refractivity contribution in [2.45, 2.75) is 33.6 Å². The lowest BCUT2D eigenvalue weighted by Crippen LogP contribution is -2.19. The van der Waals surface area contributed by atoms with E-state index in [9.17, 15) is 4.79 Å². The lowest BCUT2D eigenvalue weighted by atomic mass is 10.0. The van der Waals surface area contributed by atoms with Crippen molar-refractivity contribution in [2.75, 3.05) is 0 Å². The van der Waals surface area contributed by atoms with Crippen LogP contribution >= 0.6 is 0 Å². The van der Waals surface area contributed by atoms with Crippen molar-refractivity contribution >= 4 is 5.65 Å². The van der Waals surface area contributed by atoms with Crippen LogP contribution in [0.2, 0.25) is 0 Å². The number of H-pyrrole nitrogens is 1. The van der Waals surface area contributed by atoms with Gasteiger partial charge in [0, 0.05) is 11.1 Å². The zero-order valence-electron chi connectivity index (χ0n) is 9.46. The molecule has 2 aromatic heterocycles. The predicted octanol–water partition coefficient (Wildman–Crippen LogP) is 1.76. The molecule has 2 aromatic rings. The van der Waals surface area contributed by atoms with Gasteiger partial charge in [0.15, 0.2) is 0 Å². The fourth-order valence-electron chi connectivity index (χ4n) is 1.97. The van der Waals surface area contributed by atoms with Crippen molar-refractivity contribution in [2.24, 2.45) is 0 Å². The number of hydrogen-bond acceptors (Lipinski definition) is 2. The average Bonchev–Trinajstić information content (AvgIpc) is 2.47. The van der Waals surface area contributed by atoms with Crippen LogP contribution in [0.4, 0.5) is 0 Å². The largest absolute Gasteiger partial charge is 0.306 e. The van der Waals surface area contributed by atoms with Crippen molar-refractivity contribution in [1.82, 2.24) is 14.6 Å². The number of nitrogens with one attached hydrogen (secondary N) is 1. The van der Waals surface area contributed by atoms with E-state index in [-0.39, 0.29) is 11.5 Å². The van der Waals surface area contributed by atoms with Gasteiger partial charge in [0.25, 0.3) is 5.56 Å². The minimum Gasteiger partial charge on any atom is -0.306 e. The van der Waals surface area contributed by atoms with E-state index in [4.69, 9.17) is 0 Å². The lowest BCUT2D eigenvalue weighted by molar-refractivity contribution is 0.779. The molecule has 0 aliphatic rings. The molecule has 1 N–H and O–H groups in total. The molecule has 4 nitrogen and oxygen atoms in total. The molecule has 0 bridgehead atoms. The van der Waals surface area contributed by atoms with Gasteiger partial charge in [0.2, 0.25) is 0 Å². The Bertz CT molecular complexity index is 563. The summed E-state index contributed by atoms with van der Waals surface area (Å²) in [6.07, 6.45) is 1.77. The van der Waals surface area contributed by atoms with Gasteiger partial charge in [0.1, 0.15) is 5.65 Å². The Kier molecular flexibility index (Phi) is 2.14. The number of aromatic nitrogens is 3. The fraction of sp³-hybridized carbons (Fsp3) is 0.455. The Morgan fingerprint density at radius 1 is 1.40 bits per heavy atom. The molecule has 0 unspecified atom stereocenters. The Balaban J connectivity index is 2.92. The van der Waals surface area contributed by atoms with E-state index in [1.54, 1.807) is 10.7 Å². The van der Waals surface area contributed by atoms with E-state index in [1.807, 2.05) is 27.7 Å². The number of aromatic amines is 1. The first-order chi connectivity index (χ1) is 7.02. The van der Waals surface area contributed by atoms with E-state index >= 15 is 0 Å². The highest BCUT2D eigenvalue weighted by Crippen LogP contribution is 2.16. The molecule has 0 aliphatic heterocycles. The standard InChI is InChI=1S/C11H15N3O/c1-6(2)9-8(4)14-10(13-11(9)15)7(3)5-12-14/h5-6H,1-4H3,(H,13,15). The van der Waals surface area contributed by atoms with Crippen LogP contribution in [0.5, 0.6) is 0 Å². The van der Waals surface area contributed by atoms with Crippen LogP contribution in [-0.4, -0.2) is 14.6 Å². The van der Waals surface area contributed by atoms with Gasteiger partial charge >= 0.3 is 0 Å². The molecule has 0 saturated carbocycles. The van der Waals surface area contributed by atoms with Gasteiger partial charge in [0.05, 0.1) is 11.9 Å². The first-order valence-corrected chi connectivity index (χ1v) is 5.09. The summed E-state index contributed by atoms with van der Waals surface area (Å²) in [4.78, 5) is 14.7. The summed E-state index contributed by atoms with van der Waals surface area (Å²) in [6, 6.07) is 0. The zero-order chi connectivity index (χ0) is 11.2. The molecule has 0 atom stereocenters. The maximum absolute atomic E-state index is 11.8. The fourth-order valence-corrected chi connectivity index (χ4v) is 1.97. The lowest BCUT2D eigenvalue weighted by Gasteiger charge is -2.09. The minimum absolute atomic E-state index is 0.00130. The molecule has 0 aliphatic carbocycles. The molecule has 80 valence electrons. The van der Waals surface area contributed by atoms with Gasteiger partial charge in [-0.1, -0.05) is 13.8 Å². The molecule has 2 rings (SSSR count). The number of hydrogen-bond donors (Lipinski definition) is 1. The third-order valence-electron chi connectivity index (χ3n) is 2.71. The van der Waals surface area contributed by atoms with Crippen LogP contribution in [0.3, 0.4) is 0 Å². The highest BCUT2D eigenvalue weighted by atomic mass is 16.1. The molecule has 0 fully saturated rings. The van der Waals surface area contributed by atoms with Crippen molar-refractivity contribution in [3.05, 3.63) is 33.4 Å². The van der Waals surface area contributed by atoms with Gasteiger partial charge in [-0.25, -0.2) is 4.52 Å². The topological polar surface area (TPSA) is 50.2 Å². The summed E-state index contributed by atoms with van der Waals surface area (Å²) in [7, 11) is 0. The SMILES string of the molecule is Cc1cnn2c(C)c(C(C)C)c(=O)[nH]c12. The first kappa shape index (κ1) is 9.96. The Morgan fingerprint density at radius 3 is 2.67 bits per heavy atom. The minimum atomic E-state index is -0.00130. The maximum atomic E-state index is 11.8. The highest BCUT2D eigenvalue weighted by Gasteiger charge is 2.13. The van der Waals surface area contributed by atoms with Crippen LogP contribution in [0.25, 0.3) is 5.65 Å². The number of rotatable bonds is 1. The molecule has 0 amide bonds. The van der Waals surface area contributed by atoms with Crippen LogP contribution in [-0.2, 0) is 0 Å². The van der Waals surface area contributed by atoms with Gasteiger partial charge in [-0.3, -0.25) is 4.79 Å². The Hall–Kier alpha value is -1.58. The summed E-state index contributed by atoms with van der Waals surface area (Å²) in [5.74, 6) is 0.211. The quantitative estimate of drug-likeness (QED) is 0.771. The smallest absolute Gasteiger partial charge is 0.254 e. The first-order valence-electron chi connectivity index (χ1n) is 5.09. The monoisotopic (exact) mass is 205 g/mol. The predicted molar refractivity (Wildman–Crippen MR) is 59.4 cm³/mol. The van der Waals surface area contributed by atoms with Gasteiger partial charge in [-0.2, -0.15) is 5.10 Å². The second-order valence-electron chi connectivity index (χ2n) is 4.20. The van der Waals surface area contributed by atoms with Crippen molar-refractivity contribution in [3.8, 4) is 0 Å². The third kappa shape index (κ3) is 1.37. The van der Waals surface area contributed by atoms with Gasteiger partial charge < -0.3 is 4.98 Å². The Labute approximate surface area is 87.9 Å². The summed E-state index contributed by atoms with van der Waals surface area (Å²) in [5, 5.41) is 4.25. The summed E-state index contributed by atoms with van der Waals surface area (Å²) < 4.78 is 1.80. The van der Waals surface area contributed by atoms with Gasteiger partial charge in [-0.05, 0) is 19.8 Å². The molecule has 2 heterocycles. The van der Waals surface area contributed by atoms with Crippen LogP contribution in [0.15, 0.2) is 11.0 Å². The molecule has 15 heavy (non-hydrogen) atoms. The third-order valence-corrected chi connectivity index (χ3v) is 2.71. The van der Waals surface area contributed by atoms with Crippen LogP contribution < -0.4 is 5.56 Å². The van der Waals surface area contributed by atoms with E-state index in [2.05, 4.69) is 10.1 Å². The van der Waals surface area contributed by atoms with E-state index in [0.29, 0.717) is 0 Å². The average molecular weight is 205 g/mol. The number of fused-ring (bicyclic) bond motifs is 1. The zero-order valence-corrected chi connectivity index (χ0v) is 9.46. The van der Waals surface area contributed by atoms with Crippen molar-refractivity contribution in [3.63, 3.8) is 0 Å². The van der Waals surface area contributed by atoms with Crippen LogP contribution in [0, 0.1) is 13.8 Å². The summed E-state index contributed by atoms with van der Waals surface area (Å²) in [5.41, 5.74) is 3.52. The summed E-state index contributed by atoms with van der Waals surface area (Å²) >= 11 is 0. The van der Waals surface area contributed by atoms with E-state index < -0.39 is 0 Å². The number of aryl methyl sites for hydroxylation is 2. The molecule has 4 heteroatoms. The molecule has 0 saturated heterocycles. The highest BCUT2D eigenvalue weighted by molar-refractivity contribution is 5.47. The molecule has 0 aromatic carbocycles. The van der Waals surface area contributed by atoms with Crippen molar-refractivity contribution in [1.29, 1.82) is 0 Å². The normalized spacial score (nSPS) is 11.5. The Morgan fingerprint density at radius 2 is 2.07 bits per heavy atom. The maximum Gasteiger partial charge on any atom is 0.254 e. The van der Waals surface area contributed by atoms with Gasteiger partial charge in [-0.15, -0.1) is 0 Å². The van der Waals surface area contributed by atoms with E-state index in [0.717, 1.165) is 22.5 Å². The van der Waals surface area contributed by atoms with Crippen molar-refractivity contribution < 1.29 is 0 Å². The molecular weight excluding hydrogens is 190 g/mol. The van der Waals surface area contributed by atoms with Crippen LogP contribution in [0.1, 0.15) is 36.6 Å². The molecule has 0 spiro atoms. The van der Waals surface area contributed by atoms with E-state index in [1.165, 1.54) is 0 Å². The molecular formula is C11H15N3O. The second-order valence-corrected chi connectivity index (χ2v) is 4.20. The number of nitrogens with zero attached hydrogens (tertiary/aromatic N) is 2. The summed E-state index contributed by atoms with van der Waals surface area (Å²) in [6.45, 7) is 7.90. The second kappa shape index (κ2) is 3.22.